The van der Waals surface area contributed by atoms with Crippen molar-refractivity contribution in [1.82, 2.24) is 0 Å². The summed E-state index contributed by atoms with van der Waals surface area (Å²) in [4.78, 5) is 0. The van der Waals surface area contributed by atoms with Gasteiger partial charge in [-0.15, -0.1) is 0 Å². The molecule has 8 aromatic rings. The molecule has 1 heterocycles. The zero-order chi connectivity index (χ0) is 30.0. The summed E-state index contributed by atoms with van der Waals surface area (Å²) >= 11 is 0. The van der Waals surface area contributed by atoms with Crippen LogP contribution in [-0.4, -0.2) is 0 Å². The second-order valence-corrected chi connectivity index (χ2v) is 12.8. The molecule has 0 unspecified atom stereocenters. The van der Waals surface area contributed by atoms with Gasteiger partial charge in [0, 0.05) is 10.9 Å². The first-order valence-corrected chi connectivity index (χ1v) is 16.0. The number of rotatable bonds is 1. The summed E-state index contributed by atoms with van der Waals surface area (Å²) in [5, 5.41) is 4.81. The summed E-state index contributed by atoms with van der Waals surface area (Å²) in [7, 11) is 0. The molecule has 0 saturated carbocycles. The summed E-state index contributed by atoms with van der Waals surface area (Å²) in [6.07, 6.45) is 0. The monoisotopic (exact) mass is 582 g/mol. The highest BCUT2D eigenvalue weighted by Crippen LogP contribution is 2.63. The van der Waals surface area contributed by atoms with E-state index in [-0.39, 0.29) is 5.41 Å². The fourth-order valence-electron chi connectivity index (χ4n) is 8.83. The lowest BCUT2D eigenvalue weighted by molar-refractivity contribution is 0.488. The summed E-state index contributed by atoms with van der Waals surface area (Å²) in [6, 6.07) is 58.3. The van der Waals surface area contributed by atoms with E-state index in [0.717, 1.165) is 17.1 Å². The number of benzene rings is 8. The SMILES string of the molecule is c1ccc2c(c1)-c1ccccc1C21c2ccccc2-c2ccc(-c3ccc4c5c(cccc35)-c3cc5ccccc5cc3O4)cc21. The molecule has 2 aliphatic carbocycles. The van der Waals surface area contributed by atoms with Gasteiger partial charge in [-0.05, 0) is 102 Å². The molecule has 212 valence electrons. The van der Waals surface area contributed by atoms with Gasteiger partial charge in [0.25, 0.3) is 0 Å². The molecule has 8 aromatic carbocycles. The van der Waals surface area contributed by atoms with Crippen molar-refractivity contribution in [2.45, 2.75) is 5.41 Å². The van der Waals surface area contributed by atoms with Crippen LogP contribution in [0.15, 0.2) is 158 Å². The lowest BCUT2D eigenvalue weighted by Crippen LogP contribution is -2.25. The molecule has 46 heavy (non-hydrogen) atoms. The first kappa shape index (κ1) is 24.4. The van der Waals surface area contributed by atoms with Gasteiger partial charge >= 0.3 is 0 Å². The Morgan fingerprint density at radius 2 is 0.913 bits per heavy atom. The topological polar surface area (TPSA) is 9.23 Å². The van der Waals surface area contributed by atoms with Crippen molar-refractivity contribution in [1.29, 1.82) is 0 Å². The highest BCUT2D eigenvalue weighted by Gasteiger charge is 2.51. The Kier molecular flexibility index (Phi) is 4.57. The maximum atomic E-state index is 6.62. The Balaban J connectivity index is 1.18. The Labute approximate surface area is 267 Å². The van der Waals surface area contributed by atoms with Crippen LogP contribution < -0.4 is 4.74 Å². The van der Waals surface area contributed by atoms with Gasteiger partial charge in [0.1, 0.15) is 11.5 Å². The molecule has 1 aliphatic heterocycles. The predicted octanol–water partition coefficient (Wildman–Crippen LogP) is 11.8. The average Bonchev–Trinajstić information content (AvgIpc) is 3.58. The summed E-state index contributed by atoms with van der Waals surface area (Å²) in [6.45, 7) is 0. The van der Waals surface area contributed by atoms with Crippen LogP contribution in [0.25, 0.3) is 66.1 Å². The van der Waals surface area contributed by atoms with E-state index in [2.05, 4.69) is 158 Å². The van der Waals surface area contributed by atoms with Crippen molar-refractivity contribution >= 4 is 21.5 Å². The van der Waals surface area contributed by atoms with E-state index >= 15 is 0 Å². The van der Waals surface area contributed by atoms with Crippen LogP contribution in [0.4, 0.5) is 0 Å². The van der Waals surface area contributed by atoms with Crippen LogP contribution in [0.2, 0.25) is 0 Å². The first-order valence-electron chi connectivity index (χ1n) is 16.0. The van der Waals surface area contributed by atoms with Crippen molar-refractivity contribution in [2.24, 2.45) is 0 Å². The second kappa shape index (κ2) is 8.62. The maximum Gasteiger partial charge on any atom is 0.135 e. The van der Waals surface area contributed by atoms with E-state index in [0.29, 0.717) is 0 Å². The van der Waals surface area contributed by atoms with Crippen LogP contribution in [0.5, 0.6) is 11.5 Å². The summed E-state index contributed by atoms with van der Waals surface area (Å²) < 4.78 is 6.62. The fourth-order valence-corrected chi connectivity index (χ4v) is 8.83. The third-order valence-electron chi connectivity index (χ3n) is 10.7. The molecule has 1 nitrogen and oxygen atoms in total. The van der Waals surface area contributed by atoms with Gasteiger partial charge in [-0.1, -0.05) is 133 Å². The van der Waals surface area contributed by atoms with E-state index in [4.69, 9.17) is 4.74 Å². The first-order chi connectivity index (χ1) is 22.8. The Bertz CT molecular complexity index is 2560. The molecule has 0 aromatic heterocycles. The molecule has 0 amide bonds. The van der Waals surface area contributed by atoms with Crippen LogP contribution in [0.3, 0.4) is 0 Å². The number of hydrogen-bond acceptors (Lipinski definition) is 1. The standard InChI is InChI=1S/C45H26O/c1-2-11-28-26-43-37(24-27(28)10-1)36-16-9-15-35-30(22-23-42(46-43)44(35)36)29-20-21-34-33-14-5-8-19-40(33)45(41(34)25-29)38-17-6-3-12-31(38)32-13-4-7-18-39(32)45/h1-26H. The Morgan fingerprint density at radius 1 is 0.348 bits per heavy atom. The minimum Gasteiger partial charge on any atom is -0.456 e. The molecule has 0 saturated heterocycles. The Morgan fingerprint density at radius 3 is 1.61 bits per heavy atom. The molecule has 0 fully saturated rings. The quantitative estimate of drug-likeness (QED) is 0.187. The zero-order valence-corrected chi connectivity index (χ0v) is 24.9. The zero-order valence-electron chi connectivity index (χ0n) is 24.9. The molecular weight excluding hydrogens is 556 g/mol. The molecule has 1 heteroatoms. The highest BCUT2D eigenvalue weighted by molar-refractivity contribution is 6.11. The molecule has 0 N–H and O–H groups in total. The van der Waals surface area contributed by atoms with Gasteiger partial charge < -0.3 is 4.74 Å². The van der Waals surface area contributed by atoms with Crippen LogP contribution in [0.1, 0.15) is 22.3 Å². The van der Waals surface area contributed by atoms with E-state index < -0.39 is 0 Å². The molecule has 1 spiro atoms. The Hall–Kier alpha value is -5.92. The lowest BCUT2D eigenvalue weighted by atomic mass is 9.70. The number of ether oxygens (including phenoxy) is 1. The molecule has 0 atom stereocenters. The van der Waals surface area contributed by atoms with Crippen molar-refractivity contribution in [2.75, 3.05) is 0 Å². The lowest BCUT2D eigenvalue weighted by Gasteiger charge is -2.30. The van der Waals surface area contributed by atoms with Gasteiger partial charge in [-0.25, -0.2) is 0 Å². The highest BCUT2D eigenvalue weighted by atomic mass is 16.5. The summed E-state index contributed by atoms with van der Waals surface area (Å²) in [5.74, 6) is 1.84. The smallest absolute Gasteiger partial charge is 0.135 e. The fraction of sp³-hybridized carbons (Fsp3) is 0.0222. The van der Waals surface area contributed by atoms with Gasteiger partial charge in [0.05, 0.1) is 5.41 Å². The van der Waals surface area contributed by atoms with Crippen LogP contribution in [0, 0.1) is 0 Å². The van der Waals surface area contributed by atoms with E-state index in [1.54, 1.807) is 0 Å². The van der Waals surface area contributed by atoms with Crippen molar-refractivity contribution < 1.29 is 4.74 Å². The van der Waals surface area contributed by atoms with Crippen LogP contribution in [-0.2, 0) is 5.41 Å². The number of hydrogen-bond donors (Lipinski definition) is 0. The predicted molar refractivity (Wildman–Crippen MR) is 189 cm³/mol. The van der Waals surface area contributed by atoms with E-state index in [1.807, 2.05) is 0 Å². The van der Waals surface area contributed by atoms with Crippen molar-refractivity contribution in [3.05, 3.63) is 180 Å². The van der Waals surface area contributed by atoms with Crippen LogP contribution >= 0.6 is 0 Å². The minimum absolute atomic E-state index is 0.357. The minimum atomic E-state index is -0.357. The maximum absolute atomic E-state index is 6.62. The van der Waals surface area contributed by atoms with E-state index in [1.165, 1.54) is 82.7 Å². The largest absolute Gasteiger partial charge is 0.456 e. The van der Waals surface area contributed by atoms with E-state index in [9.17, 15) is 0 Å². The van der Waals surface area contributed by atoms with Crippen molar-refractivity contribution in [3.63, 3.8) is 0 Å². The van der Waals surface area contributed by atoms with Gasteiger partial charge in [-0.2, -0.15) is 0 Å². The second-order valence-electron chi connectivity index (χ2n) is 12.8. The normalized spacial score (nSPS) is 14.0. The average molecular weight is 583 g/mol. The third-order valence-corrected chi connectivity index (χ3v) is 10.7. The van der Waals surface area contributed by atoms with Crippen molar-refractivity contribution in [3.8, 4) is 56.0 Å². The molecule has 0 bridgehead atoms. The summed E-state index contributed by atoms with van der Waals surface area (Å²) in [5.41, 5.74) is 15.2. The molecular formula is C45H26O. The van der Waals surface area contributed by atoms with Gasteiger partial charge in [-0.3, -0.25) is 0 Å². The molecule has 11 rings (SSSR count). The number of fused-ring (bicyclic) bond motifs is 13. The van der Waals surface area contributed by atoms with Gasteiger partial charge in [0.2, 0.25) is 0 Å². The van der Waals surface area contributed by atoms with Gasteiger partial charge in [0.15, 0.2) is 0 Å². The molecule has 0 radical (unpaired) electrons. The third kappa shape index (κ3) is 2.91. The molecule has 3 aliphatic rings.